The van der Waals surface area contributed by atoms with Gasteiger partial charge in [-0.15, -0.1) is 0 Å². The Hall–Kier alpha value is -1.66. The molecule has 1 N–H and O–H groups in total. The van der Waals surface area contributed by atoms with Gasteiger partial charge in [0.1, 0.15) is 5.82 Å². The molecule has 0 radical (unpaired) electrons. The zero-order chi connectivity index (χ0) is 16.7. The molecule has 0 aromatic heterocycles. The number of amides is 1. The topological polar surface area (TPSA) is 66.8 Å². The minimum absolute atomic E-state index is 0.00717. The maximum Gasteiger partial charge on any atom is 0.307 e. The van der Waals surface area contributed by atoms with Crippen molar-refractivity contribution < 1.29 is 23.8 Å². The second-order valence-corrected chi connectivity index (χ2v) is 5.16. The van der Waals surface area contributed by atoms with E-state index < -0.39 is 23.8 Å². The van der Waals surface area contributed by atoms with Gasteiger partial charge in [0, 0.05) is 13.1 Å². The van der Waals surface area contributed by atoms with Gasteiger partial charge in [-0.3, -0.25) is 9.59 Å². The van der Waals surface area contributed by atoms with Crippen molar-refractivity contribution in [3.8, 4) is 0 Å². The van der Waals surface area contributed by atoms with Crippen LogP contribution in [0.5, 0.6) is 0 Å². The van der Waals surface area contributed by atoms with Crippen LogP contribution in [0.25, 0.3) is 0 Å². The van der Waals surface area contributed by atoms with Gasteiger partial charge >= 0.3 is 5.97 Å². The zero-order valence-electron chi connectivity index (χ0n) is 12.5. The molecule has 1 rings (SSSR count). The maximum absolute atomic E-state index is 13.8. The molecule has 7 heteroatoms. The molecule has 1 aromatic carbocycles. The van der Waals surface area contributed by atoms with E-state index >= 15 is 0 Å². The number of aliphatic hydroxyl groups is 1. The molecule has 0 aliphatic carbocycles. The fourth-order valence-electron chi connectivity index (χ4n) is 1.91. The highest BCUT2D eigenvalue weighted by atomic mass is 35.5. The monoisotopic (exact) mass is 331 g/mol. The Morgan fingerprint density at radius 1 is 1.45 bits per heavy atom. The molecule has 0 aliphatic heterocycles. The lowest BCUT2D eigenvalue weighted by atomic mass is 10.1. The van der Waals surface area contributed by atoms with Crippen molar-refractivity contribution >= 4 is 23.5 Å². The number of carbonyl (C=O) groups is 2. The van der Waals surface area contributed by atoms with Gasteiger partial charge in [-0.2, -0.15) is 0 Å². The van der Waals surface area contributed by atoms with Crippen molar-refractivity contribution in [2.45, 2.75) is 26.4 Å². The van der Waals surface area contributed by atoms with Gasteiger partial charge in [-0.1, -0.05) is 17.7 Å². The first-order valence-electron chi connectivity index (χ1n) is 6.93. The van der Waals surface area contributed by atoms with E-state index in [0.29, 0.717) is 0 Å². The number of esters is 1. The molecular formula is C15H19ClFNO4. The van der Waals surface area contributed by atoms with Crippen molar-refractivity contribution in [2.75, 3.05) is 19.7 Å². The first-order valence-corrected chi connectivity index (χ1v) is 7.31. The summed E-state index contributed by atoms with van der Waals surface area (Å²) in [6, 6.07) is 3.93. The Balaban J connectivity index is 2.91. The molecule has 0 saturated carbocycles. The van der Waals surface area contributed by atoms with Crippen molar-refractivity contribution in [2.24, 2.45) is 0 Å². The molecule has 22 heavy (non-hydrogen) atoms. The Morgan fingerprint density at radius 3 is 2.68 bits per heavy atom. The van der Waals surface area contributed by atoms with E-state index in [-0.39, 0.29) is 36.7 Å². The molecule has 0 saturated heterocycles. The van der Waals surface area contributed by atoms with Crippen LogP contribution in [0.15, 0.2) is 18.2 Å². The van der Waals surface area contributed by atoms with Crippen LogP contribution in [-0.4, -0.2) is 47.7 Å². The number of aliphatic hydroxyl groups excluding tert-OH is 1. The Labute approximate surface area is 133 Å². The highest BCUT2D eigenvalue weighted by Crippen LogP contribution is 2.21. The predicted octanol–water partition coefficient (Wildman–Crippen LogP) is 2.26. The van der Waals surface area contributed by atoms with E-state index in [1.165, 1.54) is 24.0 Å². The number of nitrogens with zero attached hydrogens (tertiary/aromatic N) is 1. The summed E-state index contributed by atoms with van der Waals surface area (Å²) < 4.78 is 18.6. The van der Waals surface area contributed by atoms with Gasteiger partial charge in [-0.25, -0.2) is 4.39 Å². The van der Waals surface area contributed by atoms with Gasteiger partial charge < -0.3 is 14.7 Å². The van der Waals surface area contributed by atoms with Crippen molar-refractivity contribution in [1.29, 1.82) is 0 Å². The number of benzene rings is 1. The SMILES string of the molecule is CCOC(=O)CCN(CC(C)O)C(=O)c1c(F)cccc1Cl. The van der Waals surface area contributed by atoms with Crippen LogP contribution in [0.1, 0.15) is 30.6 Å². The van der Waals surface area contributed by atoms with Crippen LogP contribution in [0.2, 0.25) is 5.02 Å². The Morgan fingerprint density at radius 2 is 2.14 bits per heavy atom. The summed E-state index contributed by atoms with van der Waals surface area (Å²) in [4.78, 5) is 25.0. The van der Waals surface area contributed by atoms with Gasteiger partial charge in [0.2, 0.25) is 0 Å². The molecule has 0 bridgehead atoms. The van der Waals surface area contributed by atoms with Crippen molar-refractivity contribution in [1.82, 2.24) is 4.90 Å². The largest absolute Gasteiger partial charge is 0.466 e. The lowest BCUT2D eigenvalue weighted by Crippen LogP contribution is -2.38. The van der Waals surface area contributed by atoms with E-state index in [4.69, 9.17) is 16.3 Å². The second-order valence-electron chi connectivity index (χ2n) is 4.75. The molecule has 122 valence electrons. The second kappa shape index (κ2) is 8.70. The standard InChI is InChI=1S/C15H19ClFNO4/c1-3-22-13(20)7-8-18(9-10(2)19)15(21)14-11(16)5-4-6-12(14)17/h4-6,10,19H,3,7-9H2,1-2H3. The summed E-state index contributed by atoms with van der Waals surface area (Å²) in [5.74, 6) is -1.89. The van der Waals surface area contributed by atoms with E-state index in [2.05, 4.69) is 0 Å². The summed E-state index contributed by atoms with van der Waals surface area (Å²) in [7, 11) is 0. The summed E-state index contributed by atoms with van der Waals surface area (Å²) in [6.45, 7) is 3.38. The zero-order valence-corrected chi connectivity index (χ0v) is 13.3. The highest BCUT2D eigenvalue weighted by molar-refractivity contribution is 6.33. The number of carbonyl (C=O) groups excluding carboxylic acids is 2. The maximum atomic E-state index is 13.8. The third-order valence-electron chi connectivity index (χ3n) is 2.84. The molecule has 0 fully saturated rings. The van der Waals surface area contributed by atoms with Gasteiger partial charge in [0.05, 0.1) is 29.7 Å². The van der Waals surface area contributed by atoms with E-state index in [9.17, 15) is 19.1 Å². The molecular weight excluding hydrogens is 313 g/mol. The van der Waals surface area contributed by atoms with Crippen molar-refractivity contribution in [3.63, 3.8) is 0 Å². The average molecular weight is 332 g/mol. The fourth-order valence-corrected chi connectivity index (χ4v) is 2.16. The lowest BCUT2D eigenvalue weighted by molar-refractivity contribution is -0.143. The smallest absolute Gasteiger partial charge is 0.307 e. The van der Waals surface area contributed by atoms with Crippen LogP contribution in [0.3, 0.4) is 0 Å². The number of halogens is 2. The highest BCUT2D eigenvalue weighted by Gasteiger charge is 2.23. The summed E-state index contributed by atoms with van der Waals surface area (Å²) in [6.07, 6.45) is -0.866. The van der Waals surface area contributed by atoms with E-state index in [1.807, 2.05) is 0 Å². The normalized spacial score (nSPS) is 11.9. The Bertz CT molecular complexity index is 516. The predicted molar refractivity (Wildman–Crippen MR) is 80.2 cm³/mol. The van der Waals surface area contributed by atoms with Crippen LogP contribution in [0, 0.1) is 5.82 Å². The van der Waals surface area contributed by atoms with E-state index in [0.717, 1.165) is 6.07 Å². The minimum atomic E-state index is -0.823. The third-order valence-corrected chi connectivity index (χ3v) is 3.15. The summed E-state index contributed by atoms with van der Waals surface area (Å²) in [5, 5.41) is 9.47. The van der Waals surface area contributed by atoms with Crippen molar-refractivity contribution in [3.05, 3.63) is 34.6 Å². The number of rotatable bonds is 7. The summed E-state index contributed by atoms with van der Waals surface area (Å²) >= 11 is 5.88. The molecule has 5 nitrogen and oxygen atoms in total. The van der Waals surface area contributed by atoms with Gasteiger partial charge in [-0.05, 0) is 26.0 Å². The number of hydrogen-bond donors (Lipinski definition) is 1. The quantitative estimate of drug-likeness (QED) is 0.778. The summed E-state index contributed by atoms with van der Waals surface area (Å²) in [5.41, 5.74) is -0.270. The van der Waals surface area contributed by atoms with Gasteiger partial charge in [0.15, 0.2) is 0 Å². The first kappa shape index (κ1) is 18.4. The number of ether oxygens (including phenoxy) is 1. The van der Waals surface area contributed by atoms with E-state index in [1.54, 1.807) is 6.92 Å². The molecule has 1 amide bonds. The molecule has 0 aliphatic rings. The minimum Gasteiger partial charge on any atom is -0.466 e. The average Bonchev–Trinajstić information content (AvgIpc) is 2.43. The molecule has 1 unspecified atom stereocenters. The van der Waals surface area contributed by atoms with Crippen LogP contribution in [0.4, 0.5) is 4.39 Å². The first-order chi connectivity index (χ1) is 10.4. The molecule has 0 spiro atoms. The fraction of sp³-hybridized carbons (Fsp3) is 0.467. The lowest BCUT2D eigenvalue weighted by Gasteiger charge is -2.24. The molecule has 1 atom stereocenters. The molecule has 0 heterocycles. The third kappa shape index (κ3) is 5.27. The van der Waals surface area contributed by atoms with Crippen LogP contribution in [-0.2, 0) is 9.53 Å². The van der Waals surface area contributed by atoms with Crippen LogP contribution >= 0.6 is 11.6 Å². The Kier molecular flexibility index (Phi) is 7.27. The van der Waals surface area contributed by atoms with Crippen LogP contribution < -0.4 is 0 Å². The van der Waals surface area contributed by atoms with Gasteiger partial charge in [0.25, 0.3) is 5.91 Å². The molecule has 1 aromatic rings. The number of hydrogen-bond acceptors (Lipinski definition) is 4.